The molecule has 0 unspecified atom stereocenters. The van der Waals surface area contributed by atoms with E-state index < -0.39 is 17.8 Å². The number of anilines is 1. The lowest BCUT2D eigenvalue weighted by Crippen LogP contribution is -2.40. The van der Waals surface area contributed by atoms with Gasteiger partial charge in [0.1, 0.15) is 5.75 Å². The Labute approximate surface area is 117 Å². The number of hydrogen-bond acceptors (Lipinski definition) is 3. The number of aliphatic carboxylic acids is 1. The van der Waals surface area contributed by atoms with Crippen LogP contribution in [0.15, 0.2) is 36.4 Å². The Kier molecular flexibility index (Phi) is 4.08. The summed E-state index contributed by atoms with van der Waals surface area (Å²) in [5.74, 6) is -2.37. The summed E-state index contributed by atoms with van der Waals surface area (Å²) in [7, 11) is 1.59. The minimum absolute atomic E-state index is 0.0699. The first-order valence-corrected chi connectivity index (χ1v) is 6.45. The molecule has 1 aromatic rings. The van der Waals surface area contributed by atoms with Gasteiger partial charge in [-0.2, -0.15) is 0 Å². The summed E-state index contributed by atoms with van der Waals surface area (Å²) >= 11 is 0. The predicted molar refractivity (Wildman–Crippen MR) is 74.5 cm³/mol. The zero-order chi connectivity index (χ0) is 14.7. The van der Waals surface area contributed by atoms with E-state index in [9.17, 15) is 19.8 Å². The largest absolute Gasteiger partial charge is 0.508 e. The van der Waals surface area contributed by atoms with Gasteiger partial charge in [0.05, 0.1) is 11.8 Å². The van der Waals surface area contributed by atoms with Crippen molar-refractivity contribution in [1.82, 2.24) is 0 Å². The zero-order valence-corrected chi connectivity index (χ0v) is 11.2. The third kappa shape index (κ3) is 2.82. The van der Waals surface area contributed by atoms with Gasteiger partial charge in [0.2, 0.25) is 5.91 Å². The number of phenols is 1. The first kappa shape index (κ1) is 14.1. The Balaban J connectivity index is 2.21. The molecule has 2 atom stereocenters. The lowest BCUT2D eigenvalue weighted by molar-refractivity contribution is -0.146. The maximum Gasteiger partial charge on any atom is 0.307 e. The first-order chi connectivity index (χ1) is 9.50. The molecule has 5 nitrogen and oxygen atoms in total. The van der Waals surface area contributed by atoms with Crippen molar-refractivity contribution >= 4 is 17.6 Å². The molecule has 0 saturated carbocycles. The molecule has 0 radical (unpaired) electrons. The summed E-state index contributed by atoms with van der Waals surface area (Å²) in [5, 5.41) is 18.7. The number of carbonyl (C=O) groups excluding carboxylic acids is 1. The second-order valence-electron chi connectivity index (χ2n) is 4.91. The number of nitrogens with zero attached hydrogens (tertiary/aromatic N) is 1. The van der Waals surface area contributed by atoms with Crippen molar-refractivity contribution in [1.29, 1.82) is 0 Å². The van der Waals surface area contributed by atoms with E-state index in [0.717, 1.165) is 0 Å². The number of carboxylic acid groups (broad SMARTS) is 1. The Morgan fingerprint density at radius 2 is 1.85 bits per heavy atom. The molecule has 1 amide bonds. The predicted octanol–water partition coefficient (Wildman–Crippen LogP) is 2.02. The van der Waals surface area contributed by atoms with Gasteiger partial charge in [-0.3, -0.25) is 9.59 Å². The summed E-state index contributed by atoms with van der Waals surface area (Å²) in [5.41, 5.74) is 0.550. The third-order valence-electron chi connectivity index (χ3n) is 3.61. The quantitative estimate of drug-likeness (QED) is 0.827. The number of phenolic OH excluding ortho intramolecular Hbond substituents is 1. The van der Waals surface area contributed by atoms with Crippen molar-refractivity contribution in [3.05, 3.63) is 36.4 Å². The molecule has 2 rings (SSSR count). The number of carbonyl (C=O) groups is 2. The molecule has 0 saturated heterocycles. The molecular formula is C15H17NO4. The van der Waals surface area contributed by atoms with Crippen molar-refractivity contribution in [2.45, 2.75) is 12.8 Å². The highest BCUT2D eigenvalue weighted by Gasteiger charge is 2.35. The number of carboxylic acids is 1. The van der Waals surface area contributed by atoms with Crippen LogP contribution in [0.4, 0.5) is 5.69 Å². The zero-order valence-electron chi connectivity index (χ0n) is 11.2. The third-order valence-corrected chi connectivity index (χ3v) is 3.61. The highest BCUT2D eigenvalue weighted by Crippen LogP contribution is 2.29. The molecule has 20 heavy (non-hydrogen) atoms. The van der Waals surface area contributed by atoms with E-state index >= 15 is 0 Å². The van der Waals surface area contributed by atoms with E-state index in [2.05, 4.69) is 0 Å². The van der Waals surface area contributed by atoms with Crippen LogP contribution in [0.25, 0.3) is 0 Å². The van der Waals surface area contributed by atoms with E-state index in [-0.39, 0.29) is 11.7 Å². The maximum atomic E-state index is 12.5. The van der Waals surface area contributed by atoms with Crippen molar-refractivity contribution in [2.75, 3.05) is 11.9 Å². The fourth-order valence-electron chi connectivity index (χ4n) is 2.44. The average Bonchev–Trinajstić information content (AvgIpc) is 2.45. The molecule has 1 aliphatic carbocycles. The van der Waals surface area contributed by atoms with Crippen LogP contribution >= 0.6 is 0 Å². The van der Waals surface area contributed by atoms with Crippen molar-refractivity contribution in [3.63, 3.8) is 0 Å². The van der Waals surface area contributed by atoms with Crippen LogP contribution in [0.2, 0.25) is 0 Å². The van der Waals surface area contributed by atoms with E-state index in [1.54, 1.807) is 25.3 Å². The lowest BCUT2D eigenvalue weighted by atomic mass is 9.82. The fourth-order valence-corrected chi connectivity index (χ4v) is 2.44. The first-order valence-electron chi connectivity index (χ1n) is 6.45. The summed E-state index contributed by atoms with van der Waals surface area (Å²) in [4.78, 5) is 25.1. The molecule has 0 fully saturated rings. The fraction of sp³-hybridized carbons (Fsp3) is 0.333. The van der Waals surface area contributed by atoms with Crippen molar-refractivity contribution < 1.29 is 19.8 Å². The summed E-state index contributed by atoms with van der Waals surface area (Å²) in [6.45, 7) is 0. The number of benzene rings is 1. The molecule has 0 spiro atoms. The lowest BCUT2D eigenvalue weighted by Gasteiger charge is -2.28. The average molecular weight is 275 g/mol. The monoisotopic (exact) mass is 275 g/mol. The van der Waals surface area contributed by atoms with E-state index in [1.807, 2.05) is 6.08 Å². The Bertz CT molecular complexity index is 553. The number of aromatic hydroxyl groups is 1. The molecule has 0 aliphatic heterocycles. The number of rotatable bonds is 3. The summed E-state index contributed by atoms with van der Waals surface area (Å²) < 4.78 is 0. The van der Waals surface area contributed by atoms with Crippen LogP contribution in [0.1, 0.15) is 12.8 Å². The summed E-state index contributed by atoms with van der Waals surface area (Å²) in [6.07, 6.45) is 4.45. The molecule has 5 heteroatoms. The van der Waals surface area contributed by atoms with Gasteiger partial charge in [-0.05, 0) is 25.0 Å². The van der Waals surface area contributed by atoms with Crippen LogP contribution in [0.3, 0.4) is 0 Å². The van der Waals surface area contributed by atoms with Crippen molar-refractivity contribution in [3.8, 4) is 5.75 Å². The second-order valence-corrected chi connectivity index (χ2v) is 4.91. The topological polar surface area (TPSA) is 77.8 Å². The van der Waals surface area contributed by atoms with Crippen LogP contribution in [0.5, 0.6) is 5.75 Å². The van der Waals surface area contributed by atoms with Gasteiger partial charge >= 0.3 is 5.97 Å². The Hall–Kier alpha value is -2.30. The smallest absolute Gasteiger partial charge is 0.307 e. The van der Waals surface area contributed by atoms with Crippen molar-refractivity contribution in [2.24, 2.45) is 11.8 Å². The van der Waals surface area contributed by atoms with Crippen LogP contribution in [0, 0.1) is 11.8 Å². The van der Waals surface area contributed by atoms with E-state index in [1.165, 1.54) is 17.0 Å². The van der Waals surface area contributed by atoms with Gasteiger partial charge in [-0.25, -0.2) is 0 Å². The highest BCUT2D eigenvalue weighted by molar-refractivity contribution is 5.97. The molecule has 2 N–H and O–H groups in total. The molecule has 0 aromatic heterocycles. The van der Waals surface area contributed by atoms with Gasteiger partial charge in [-0.1, -0.05) is 18.2 Å². The molecule has 1 aromatic carbocycles. The second kappa shape index (κ2) is 5.77. The van der Waals surface area contributed by atoms with Gasteiger partial charge in [0, 0.05) is 18.8 Å². The molecule has 106 valence electrons. The van der Waals surface area contributed by atoms with Gasteiger partial charge in [0.15, 0.2) is 0 Å². The highest BCUT2D eigenvalue weighted by atomic mass is 16.4. The normalized spacial score (nSPS) is 21.4. The molecule has 1 aliphatic rings. The van der Waals surface area contributed by atoms with Crippen LogP contribution in [-0.2, 0) is 9.59 Å². The van der Waals surface area contributed by atoms with Crippen LogP contribution in [-0.4, -0.2) is 29.1 Å². The van der Waals surface area contributed by atoms with Crippen LogP contribution < -0.4 is 4.90 Å². The molecular weight excluding hydrogens is 258 g/mol. The maximum absolute atomic E-state index is 12.5. The Morgan fingerprint density at radius 3 is 2.45 bits per heavy atom. The van der Waals surface area contributed by atoms with E-state index in [0.29, 0.717) is 18.5 Å². The molecule has 0 bridgehead atoms. The standard InChI is InChI=1S/C15H17NO4/c1-16(10-5-4-6-11(17)9-10)14(18)12-7-2-3-8-13(12)15(19)20/h2-6,9,12-13,17H,7-8H2,1H3,(H,19,20)/t12-,13+/m1/s1. The minimum atomic E-state index is -0.947. The minimum Gasteiger partial charge on any atom is -0.508 e. The number of amides is 1. The number of allylic oxidation sites excluding steroid dienone is 2. The van der Waals surface area contributed by atoms with Gasteiger partial charge in [0.25, 0.3) is 0 Å². The van der Waals surface area contributed by atoms with E-state index in [4.69, 9.17) is 0 Å². The molecule has 0 heterocycles. The number of hydrogen-bond donors (Lipinski definition) is 2. The summed E-state index contributed by atoms with van der Waals surface area (Å²) in [6, 6.07) is 6.34. The van der Waals surface area contributed by atoms with Gasteiger partial charge in [-0.15, -0.1) is 0 Å². The SMILES string of the molecule is CN(C(=O)[C@@H]1CC=CC[C@@H]1C(=O)O)c1cccc(O)c1. The van der Waals surface area contributed by atoms with Gasteiger partial charge < -0.3 is 15.1 Å². The Morgan fingerprint density at radius 1 is 1.20 bits per heavy atom.